The monoisotopic (exact) mass is 419 g/mol. The van der Waals surface area contributed by atoms with Crippen molar-refractivity contribution < 1.29 is 13.9 Å². The summed E-state index contributed by atoms with van der Waals surface area (Å²) in [4.78, 5) is 4.37. The number of anilines is 1. The Kier molecular flexibility index (Phi) is 5.40. The lowest BCUT2D eigenvalue weighted by Gasteiger charge is -2.29. The second kappa shape index (κ2) is 8.49. The molecule has 0 saturated carbocycles. The van der Waals surface area contributed by atoms with Crippen LogP contribution in [0.2, 0.25) is 0 Å². The highest BCUT2D eigenvalue weighted by Gasteiger charge is 2.40. The molecule has 0 aliphatic carbocycles. The lowest BCUT2D eigenvalue weighted by molar-refractivity contribution is -0.129. The van der Waals surface area contributed by atoms with Gasteiger partial charge in [0.1, 0.15) is 0 Å². The van der Waals surface area contributed by atoms with Crippen LogP contribution in [-0.2, 0) is 15.3 Å². The van der Waals surface area contributed by atoms with Gasteiger partial charge in [-0.25, -0.2) is 0 Å². The summed E-state index contributed by atoms with van der Waals surface area (Å²) in [5, 5.41) is 14.6. The molecule has 3 aromatic rings. The molecule has 3 heterocycles. The topological polar surface area (TPSA) is 93.8 Å². The van der Waals surface area contributed by atoms with Gasteiger partial charge in [0.2, 0.25) is 11.7 Å². The van der Waals surface area contributed by atoms with Crippen LogP contribution in [0.4, 0.5) is 6.01 Å². The van der Waals surface area contributed by atoms with Crippen LogP contribution in [0.1, 0.15) is 41.8 Å². The largest absolute Gasteiger partial charge is 0.407 e. The maximum atomic E-state index is 6.14. The standard InChI is InChI=1S/C23H25N5O3/c1-16(20-27-28-22(31-20)26-21-24-11-6-12-25-21)17-7-5-10-19(15-17)23(29-13-14-30-23)18-8-3-2-4-9-18/h2-5,7-10,15-16H,6,11-14H2,1H3,(H2,24,25,26,28). The second-order valence-electron chi connectivity index (χ2n) is 7.61. The number of hydrogen-bond acceptors (Lipinski definition) is 8. The maximum absolute atomic E-state index is 6.14. The van der Waals surface area contributed by atoms with Gasteiger partial charge in [-0.2, -0.15) is 0 Å². The molecule has 8 heteroatoms. The molecule has 2 N–H and O–H groups in total. The van der Waals surface area contributed by atoms with Crippen molar-refractivity contribution in [3.05, 3.63) is 77.2 Å². The van der Waals surface area contributed by atoms with Crippen LogP contribution in [0.3, 0.4) is 0 Å². The summed E-state index contributed by atoms with van der Waals surface area (Å²) < 4.78 is 18.1. The lowest BCUT2D eigenvalue weighted by Crippen LogP contribution is -2.35. The summed E-state index contributed by atoms with van der Waals surface area (Å²) in [7, 11) is 0. The van der Waals surface area contributed by atoms with E-state index in [1.807, 2.05) is 55.5 Å². The Morgan fingerprint density at radius 1 is 1.00 bits per heavy atom. The minimum Gasteiger partial charge on any atom is -0.407 e. The molecule has 0 spiro atoms. The van der Waals surface area contributed by atoms with Crippen LogP contribution in [0.15, 0.2) is 64.0 Å². The molecular formula is C23H25N5O3. The fraction of sp³-hybridized carbons (Fsp3) is 0.348. The van der Waals surface area contributed by atoms with E-state index in [4.69, 9.17) is 13.9 Å². The predicted octanol–water partition coefficient (Wildman–Crippen LogP) is 3.23. The zero-order valence-electron chi connectivity index (χ0n) is 17.4. The molecule has 2 aliphatic heterocycles. The van der Waals surface area contributed by atoms with E-state index in [0.29, 0.717) is 31.1 Å². The smallest absolute Gasteiger partial charge is 0.322 e. The first kappa shape index (κ1) is 19.7. The average molecular weight is 419 g/mol. The lowest BCUT2D eigenvalue weighted by atomic mass is 9.92. The van der Waals surface area contributed by atoms with Gasteiger partial charge in [0, 0.05) is 24.2 Å². The molecule has 1 atom stereocenters. The van der Waals surface area contributed by atoms with Crippen LogP contribution in [0.5, 0.6) is 0 Å². The Hall–Kier alpha value is -3.23. The minimum absolute atomic E-state index is 0.0986. The molecule has 0 amide bonds. The first-order valence-electron chi connectivity index (χ1n) is 10.6. The van der Waals surface area contributed by atoms with Gasteiger partial charge in [-0.05, 0) is 25.0 Å². The maximum Gasteiger partial charge on any atom is 0.322 e. The Morgan fingerprint density at radius 3 is 2.58 bits per heavy atom. The van der Waals surface area contributed by atoms with Gasteiger partial charge in [0.25, 0.3) is 0 Å². The summed E-state index contributed by atoms with van der Waals surface area (Å²) >= 11 is 0. The van der Waals surface area contributed by atoms with Crippen molar-refractivity contribution in [1.29, 1.82) is 0 Å². The molecule has 1 fully saturated rings. The normalized spacial score (nSPS) is 18.8. The van der Waals surface area contributed by atoms with E-state index >= 15 is 0 Å². The average Bonchev–Trinajstić information content (AvgIpc) is 3.51. The quantitative estimate of drug-likeness (QED) is 0.656. The number of benzene rings is 2. The number of ether oxygens (including phenoxy) is 2. The van der Waals surface area contributed by atoms with E-state index in [1.54, 1.807) is 0 Å². The van der Waals surface area contributed by atoms with Crippen molar-refractivity contribution in [3.63, 3.8) is 0 Å². The molecule has 160 valence electrons. The Bertz CT molecular complexity index is 1060. The van der Waals surface area contributed by atoms with Crippen molar-refractivity contribution in [2.24, 2.45) is 4.99 Å². The summed E-state index contributed by atoms with van der Waals surface area (Å²) in [5.74, 6) is 0.191. The molecular weight excluding hydrogens is 394 g/mol. The second-order valence-corrected chi connectivity index (χ2v) is 7.61. The number of rotatable bonds is 5. The molecule has 1 saturated heterocycles. The van der Waals surface area contributed by atoms with E-state index in [0.717, 1.165) is 36.2 Å². The molecule has 31 heavy (non-hydrogen) atoms. The van der Waals surface area contributed by atoms with Crippen molar-refractivity contribution in [1.82, 2.24) is 15.5 Å². The zero-order valence-corrected chi connectivity index (χ0v) is 17.4. The van der Waals surface area contributed by atoms with Gasteiger partial charge in [0.05, 0.1) is 19.1 Å². The molecule has 8 nitrogen and oxygen atoms in total. The third-order valence-electron chi connectivity index (χ3n) is 5.55. The van der Waals surface area contributed by atoms with Crippen LogP contribution < -0.4 is 10.6 Å². The Morgan fingerprint density at radius 2 is 1.81 bits per heavy atom. The number of aliphatic imine (C=N–C) groups is 1. The van der Waals surface area contributed by atoms with Gasteiger partial charge in [-0.3, -0.25) is 10.3 Å². The van der Waals surface area contributed by atoms with E-state index in [2.05, 4.69) is 31.9 Å². The van der Waals surface area contributed by atoms with Crippen LogP contribution in [0.25, 0.3) is 0 Å². The van der Waals surface area contributed by atoms with Crippen molar-refractivity contribution in [2.75, 3.05) is 31.6 Å². The minimum atomic E-state index is -0.899. The number of hydrogen-bond donors (Lipinski definition) is 2. The fourth-order valence-corrected chi connectivity index (χ4v) is 3.90. The molecule has 2 aromatic carbocycles. The van der Waals surface area contributed by atoms with Gasteiger partial charge in [-0.15, -0.1) is 5.10 Å². The van der Waals surface area contributed by atoms with Crippen molar-refractivity contribution in [3.8, 4) is 0 Å². The number of nitrogens with one attached hydrogen (secondary N) is 2. The summed E-state index contributed by atoms with van der Waals surface area (Å²) in [6, 6.07) is 18.5. The van der Waals surface area contributed by atoms with E-state index in [-0.39, 0.29) is 5.92 Å². The van der Waals surface area contributed by atoms with Gasteiger partial charge >= 0.3 is 6.01 Å². The SMILES string of the molecule is CC(c1cccc(C2(c3ccccc3)OCCO2)c1)c1nnc(NC2=NCCCN2)o1. The van der Waals surface area contributed by atoms with Crippen LogP contribution >= 0.6 is 0 Å². The van der Waals surface area contributed by atoms with Gasteiger partial charge in [0.15, 0.2) is 5.96 Å². The zero-order chi connectivity index (χ0) is 21.1. The first-order chi connectivity index (χ1) is 15.2. The number of guanidine groups is 1. The fourth-order valence-electron chi connectivity index (χ4n) is 3.90. The van der Waals surface area contributed by atoms with E-state index in [1.165, 1.54) is 0 Å². The highest BCUT2D eigenvalue weighted by Crippen LogP contribution is 2.39. The molecule has 1 unspecified atom stereocenters. The third kappa shape index (κ3) is 3.92. The van der Waals surface area contributed by atoms with Crippen molar-refractivity contribution in [2.45, 2.75) is 25.0 Å². The first-order valence-corrected chi connectivity index (χ1v) is 10.6. The summed E-state index contributed by atoms with van der Waals surface area (Å²) in [6.45, 7) is 4.80. The van der Waals surface area contributed by atoms with Crippen LogP contribution in [0, 0.1) is 0 Å². The summed E-state index contributed by atoms with van der Waals surface area (Å²) in [6.07, 6.45) is 1.02. The van der Waals surface area contributed by atoms with E-state index in [9.17, 15) is 0 Å². The third-order valence-corrected chi connectivity index (χ3v) is 5.55. The summed E-state index contributed by atoms with van der Waals surface area (Å²) in [5.41, 5.74) is 2.96. The van der Waals surface area contributed by atoms with Crippen LogP contribution in [-0.4, -0.2) is 42.5 Å². The predicted molar refractivity (Wildman–Crippen MR) is 116 cm³/mol. The number of aromatic nitrogens is 2. The van der Waals surface area contributed by atoms with E-state index < -0.39 is 5.79 Å². The van der Waals surface area contributed by atoms with Gasteiger partial charge in [-0.1, -0.05) is 53.6 Å². The molecule has 2 aliphatic rings. The Labute approximate surface area is 180 Å². The molecule has 0 bridgehead atoms. The van der Waals surface area contributed by atoms with Crippen molar-refractivity contribution >= 4 is 12.0 Å². The number of nitrogens with zero attached hydrogens (tertiary/aromatic N) is 3. The molecule has 1 aromatic heterocycles. The Balaban J connectivity index is 1.40. The highest BCUT2D eigenvalue weighted by molar-refractivity contribution is 5.91. The highest BCUT2D eigenvalue weighted by atomic mass is 16.7. The molecule has 0 radical (unpaired) electrons. The molecule has 5 rings (SSSR count). The van der Waals surface area contributed by atoms with Gasteiger partial charge < -0.3 is 19.2 Å².